The molecule has 1 N–H and O–H groups in total. The van der Waals surface area contributed by atoms with Crippen molar-refractivity contribution in [3.63, 3.8) is 0 Å². The van der Waals surface area contributed by atoms with E-state index < -0.39 is 9.73 Å². The Labute approximate surface area is 112 Å². The van der Waals surface area contributed by atoms with Crippen molar-refractivity contribution in [3.8, 4) is 0 Å². The lowest BCUT2D eigenvalue weighted by Gasteiger charge is -2.04. The summed E-state index contributed by atoms with van der Waals surface area (Å²) in [4.78, 5) is 11.1. The monoisotopic (exact) mass is 286 g/mol. The topological polar surface area (TPSA) is 58.5 Å². The van der Waals surface area contributed by atoms with Crippen LogP contribution in [0.3, 0.4) is 0 Å². The van der Waals surface area contributed by atoms with Crippen molar-refractivity contribution < 1.29 is 9.00 Å². The van der Waals surface area contributed by atoms with Gasteiger partial charge in [0.25, 0.3) is 0 Å². The largest absolute Gasteiger partial charge is 0.325 e. The van der Waals surface area contributed by atoms with Gasteiger partial charge in [0.2, 0.25) is 5.91 Å². The maximum Gasteiger partial charge on any atom is 0.239 e. The second-order valence-corrected chi connectivity index (χ2v) is 7.02. The summed E-state index contributed by atoms with van der Waals surface area (Å²) in [7, 11) is -2.03. The summed E-state index contributed by atoms with van der Waals surface area (Å²) in [6, 6.07) is 6.99. The molecule has 0 atom stereocenters. The van der Waals surface area contributed by atoms with Crippen molar-refractivity contribution in [3.05, 3.63) is 24.3 Å². The van der Waals surface area contributed by atoms with Crippen LogP contribution in [0.15, 0.2) is 28.6 Å². The first kappa shape index (κ1) is 13.4. The predicted molar refractivity (Wildman–Crippen MR) is 75.0 cm³/mol. The molecule has 1 aromatic carbocycles. The molecular weight excluding hydrogens is 272 g/mol. The molecule has 1 aliphatic heterocycles. The molecule has 0 bridgehead atoms. The number of amides is 1. The summed E-state index contributed by atoms with van der Waals surface area (Å²) in [5.41, 5.74) is 1.37. The number of carbonyl (C=O) groups excluding carboxylic acids is 1. The van der Waals surface area contributed by atoms with Crippen LogP contribution in [0.4, 0.5) is 11.4 Å². The third-order valence-corrected chi connectivity index (χ3v) is 5.36. The van der Waals surface area contributed by atoms with Gasteiger partial charge in [-0.25, -0.2) is 4.21 Å². The molecule has 6 heteroatoms. The molecule has 1 fully saturated rings. The molecule has 4 nitrogen and oxygen atoms in total. The highest BCUT2D eigenvalue weighted by atomic mass is 35.5. The number of hydrogen-bond acceptors (Lipinski definition) is 3. The molecular formula is C12H15ClN2O2S. The quantitative estimate of drug-likeness (QED) is 0.869. The van der Waals surface area contributed by atoms with Crippen LogP contribution in [0.25, 0.3) is 0 Å². The number of anilines is 1. The Bertz CT molecular complexity index is 536. The van der Waals surface area contributed by atoms with Crippen LogP contribution < -0.4 is 5.32 Å². The Balaban J connectivity index is 2.13. The van der Waals surface area contributed by atoms with Crippen LogP contribution >= 0.6 is 11.6 Å². The number of carbonyl (C=O) groups is 1. The zero-order valence-corrected chi connectivity index (χ0v) is 11.5. The molecule has 1 saturated heterocycles. The van der Waals surface area contributed by atoms with E-state index in [9.17, 15) is 9.00 Å². The SMILES string of the molecule is O=C(CCl)Nc1ccc(N=S2(=O)CCCC2)cc1. The Hall–Kier alpha value is -1.07. The van der Waals surface area contributed by atoms with Crippen LogP contribution in [-0.4, -0.2) is 27.5 Å². The lowest BCUT2D eigenvalue weighted by atomic mass is 10.3. The number of nitrogens with zero attached hydrogens (tertiary/aromatic N) is 1. The van der Waals surface area contributed by atoms with Gasteiger partial charge in [0, 0.05) is 17.2 Å². The fraction of sp³-hybridized carbons (Fsp3) is 0.417. The van der Waals surface area contributed by atoms with Gasteiger partial charge in [-0.1, -0.05) is 0 Å². The molecule has 2 rings (SSSR count). The molecule has 0 radical (unpaired) electrons. The van der Waals surface area contributed by atoms with Gasteiger partial charge in [-0.2, -0.15) is 4.36 Å². The smallest absolute Gasteiger partial charge is 0.239 e. The molecule has 98 valence electrons. The Kier molecular flexibility index (Phi) is 4.24. The van der Waals surface area contributed by atoms with Crippen LogP contribution in [0.5, 0.6) is 0 Å². The number of benzene rings is 1. The van der Waals surface area contributed by atoms with E-state index in [1.807, 2.05) is 0 Å². The van der Waals surface area contributed by atoms with Crippen LogP contribution in [0.2, 0.25) is 0 Å². The maximum absolute atomic E-state index is 12.2. The highest BCUT2D eigenvalue weighted by molar-refractivity contribution is 7.93. The molecule has 1 aromatic rings. The van der Waals surface area contributed by atoms with E-state index in [1.165, 1.54) is 0 Å². The first-order chi connectivity index (χ1) is 8.61. The predicted octanol–water partition coefficient (Wildman–Crippen LogP) is 2.76. The van der Waals surface area contributed by atoms with E-state index in [4.69, 9.17) is 11.6 Å². The van der Waals surface area contributed by atoms with Crippen LogP contribution in [-0.2, 0) is 14.5 Å². The lowest BCUT2D eigenvalue weighted by Crippen LogP contribution is -2.12. The molecule has 0 saturated carbocycles. The fourth-order valence-electron chi connectivity index (χ4n) is 1.84. The second kappa shape index (κ2) is 5.71. The minimum absolute atomic E-state index is 0.0695. The zero-order chi connectivity index (χ0) is 13.0. The Morgan fingerprint density at radius 2 is 1.89 bits per heavy atom. The molecule has 1 amide bonds. The number of halogens is 1. The molecule has 1 heterocycles. The molecule has 0 aliphatic carbocycles. The third kappa shape index (κ3) is 3.46. The van der Waals surface area contributed by atoms with Crippen LogP contribution in [0, 0.1) is 0 Å². The third-order valence-electron chi connectivity index (χ3n) is 2.72. The average Bonchev–Trinajstić information content (AvgIpc) is 2.78. The average molecular weight is 287 g/mol. The zero-order valence-electron chi connectivity index (χ0n) is 9.89. The standard InChI is InChI=1S/C12H15ClN2O2S/c13-9-12(16)14-10-3-5-11(6-4-10)15-18(17)7-1-2-8-18/h3-6H,1-2,7-9H2,(H,14,16). The Morgan fingerprint density at radius 1 is 1.28 bits per heavy atom. The highest BCUT2D eigenvalue weighted by Crippen LogP contribution is 2.22. The lowest BCUT2D eigenvalue weighted by molar-refractivity contribution is -0.113. The molecule has 0 spiro atoms. The van der Waals surface area contributed by atoms with Crippen molar-refractivity contribution in [2.24, 2.45) is 4.36 Å². The normalized spacial score (nSPS) is 17.4. The van der Waals surface area contributed by atoms with E-state index in [-0.39, 0.29) is 11.8 Å². The maximum atomic E-state index is 12.2. The van der Waals surface area contributed by atoms with Crippen molar-refractivity contribution >= 4 is 38.6 Å². The van der Waals surface area contributed by atoms with E-state index in [1.54, 1.807) is 24.3 Å². The fourth-order valence-corrected chi connectivity index (χ4v) is 4.11. The molecule has 18 heavy (non-hydrogen) atoms. The van der Waals surface area contributed by atoms with Crippen molar-refractivity contribution in [1.82, 2.24) is 0 Å². The van der Waals surface area contributed by atoms with Gasteiger partial charge < -0.3 is 5.32 Å². The number of alkyl halides is 1. The molecule has 1 aliphatic rings. The summed E-state index contributed by atoms with van der Waals surface area (Å²) in [6.45, 7) is 0. The van der Waals surface area contributed by atoms with Crippen molar-refractivity contribution in [2.45, 2.75) is 12.8 Å². The number of rotatable bonds is 3. The molecule has 0 aromatic heterocycles. The highest BCUT2D eigenvalue weighted by Gasteiger charge is 2.16. The summed E-state index contributed by atoms with van der Waals surface area (Å²) in [6.07, 6.45) is 1.98. The minimum atomic E-state index is -2.03. The van der Waals surface area contributed by atoms with E-state index in [0.29, 0.717) is 22.9 Å². The van der Waals surface area contributed by atoms with Crippen LogP contribution in [0.1, 0.15) is 12.8 Å². The van der Waals surface area contributed by atoms with E-state index >= 15 is 0 Å². The second-order valence-electron chi connectivity index (χ2n) is 4.21. The van der Waals surface area contributed by atoms with Crippen molar-refractivity contribution in [1.29, 1.82) is 0 Å². The van der Waals surface area contributed by atoms with Gasteiger partial charge >= 0.3 is 0 Å². The van der Waals surface area contributed by atoms with Gasteiger partial charge in [0.1, 0.15) is 5.88 Å². The summed E-state index contributed by atoms with van der Waals surface area (Å²) < 4.78 is 16.5. The van der Waals surface area contributed by atoms with Crippen molar-refractivity contribution in [2.75, 3.05) is 22.7 Å². The summed E-state index contributed by atoms with van der Waals surface area (Å²) >= 11 is 5.40. The van der Waals surface area contributed by atoms with Gasteiger partial charge in [-0.15, -0.1) is 11.6 Å². The summed E-state index contributed by atoms with van der Waals surface area (Å²) in [5, 5.41) is 2.64. The van der Waals surface area contributed by atoms with Gasteiger partial charge in [-0.05, 0) is 37.1 Å². The minimum Gasteiger partial charge on any atom is -0.325 e. The van der Waals surface area contributed by atoms with Gasteiger partial charge in [-0.3, -0.25) is 4.79 Å². The van der Waals surface area contributed by atoms with E-state index in [0.717, 1.165) is 12.8 Å². The number of nitrogens with one attached hydrogen (secondary N) is 1. The summed E-state index contributed by atoms with van der Waals surface area (Å²) in [5.74, 6) is 1.07. The van der Waals surface area contributed by atoms with E-state index in [2.05, 4.69) is 9.68 Å². The van der Waals surface area contributed by atoms with Gasteiger partial charge in [0.05, 0.1) is 15.4 Å². The number of hydrogen-bond donors (Lipinski definition) is 1. The molecule has 0 unspecified atom stereocenters. The first-order valence-corrected chi connectivity index (χ1v) is 8.18. The first-order valence-electron chi connectivity index (χ1n) is 5.80. The van der Waals surface area contributed by atoms with Gasteiger partial charge in [0.15, 0.2) is 0 Å². The Morgan fingerprint density at radius 3 is 2.44 bits per heavy atom.